The molecule has 1 atom stereocenters. The molecule has 3 N–H and O–H groups in total. The van der Waals surface area contributed by atoms with Crippen molar-refractivity contribution in [2.45, 2.75) is 38.1 Å². The van der Waals surface area contributed by atoms with Crippen LogP contribution in [-0.2, 0) is 22.4 Å². The van der Waals surface area contributed by atoms with Gasteiger partial charge >= 0.3 is 0 Å². The van der Waals surface area contributed by atoms with Gasteiger partial charge < -0.3 is 25.4 Å². The zero-order valence-electron chi connectivity index (χ0n) is 21.7. The van der Waals surface area contributed by atoms with Crippen molar-refractivity contribution >= 4 is 24.2 Å². The number of nitrogens with zero attached hydrogens (tertiary/aromatic N) is 1. The van der Waals surface area contributed by atoms with Crippen molar-refractivity contribution < 1.29 is 23.5 Å². The minimum Gasteiger partial charge on any atom is -0.494 e. The summed E-state index contributed by atoms with van der Waals surface area (Å²) < 4.78 is 26.6. The van der Waals surface area contributed by atoms with Gasteiger partial charge in [0.05, 0.1) is 19.1 Å². The number of ether oxygens (including phenoxy) is 2. The molecule has 0 saturated heterocycles. The van der Waals surface area contributed by atoms with Crippen LogP contribution in [0, 0.1) is 5.82 Å². The topological polar surface area (TPSA) is 93.9 Å². The van der Waals surface area contributed by atoms with E-state index in [4.69, 9.17) is 15.2 Å². The van der Waals surface area contributed by atoms with Gasteiger partial charge in [0, 0.05) is 19.5 Å². The van der Waals surface area contributed by atoms with Crippen molar-refractivity contribution in [1.82, 2.24) is 10.2 Å². The second kappa shape index (κ2) is 13.0. The van der Waals surface area contributed by atoms with Gasteiger partial charge in [-0.15, -0.1) is 12.4 Å². The van der Waals surface area contributed by atoms with Crippen LogP contribution in [0.3, 0.4) is 0 Å². The number of fused-ring (bicyclic) bond motifs is 7. The summed E-state index contributed by atoms with van der Waals surface area (Å²) in [6.07, 6.45) is 2.43. The van der Waals surface area contributed by atoms with Crippen LogP contribution >= 0.6 is 12.4 Å². The van der Waals surface area contributed by atoms with E-state index < -0.39 is 5.82 Å². The van der Waals surface area contributed by atoms with Crippen molar-refractivity contribution in [2.75, 3.05) is 26.2 Å². The van der Waals surface area contributed by atoms with Gasteiger partial charge in [-0.3, -0.25) is 9.59 Å². The standard InChI is InChI=1S/C30H32FN3O4.ClH/c31-26-10-7-20-16-27(26)38-24-8-9-25-21(18-24)11-14-34(29(36)6-2-12-32)30(25)22-4-1-5-23(19-22)37-15-3-13-33-28(35)17-20;/h1,4-5,7-10,16,18-19,30H,2-3,6,11-15,17,32H2,(H,33,35);1H. The molecular formula is C30H33ClFN3O4. The molecule has 0 spiro atoms. The summed E-state index contributed by atoms with van der Waals surface area (Å²) in [6.45, 7) is 1.90. The Balaban J connectivity index is 0.00000353. The molecule has 3 aromatic carbocycles. The number of nitrogens with one attached hydrogen (secondary N) is 1. The number of carbonyl (C=O) groups is 2. The lowest BCUT2D eigenvalue weighted by atomic mass is 9.87. The van der Waals surface area contributed by atoms with Crippen molar-refractivity contribution in [3.05, 3.63) is 88.7 Å². The number of nitrogens with two attached hydrogens (primary N) is 1. The third-order valence-corrected chi connectivity index (χ3v) is 6.93. The molecule has 6 rings (SSSR count). The average Bonchev–Trinajstić information content (AvgIpc) is 2.92. The Morgan fingerprint density at radius 3 is 2.82 bits per heavy atom. The fourth-order valence-electron chi connectivity index (χ4n) is 5.07. The molecule has 0 radical (unpaired) electrons. The van der Waals surface area contributed by atoms with Gasteiger partial charge in [0.2, 0.25) is 11.8 Å². The van der Waals surface area contributed by atoms with Crippen LogP contribution in [0.2, 0.25) is 0 Å². The molecule has 206 valence electrons. The lowest BCUT2D eigenvalue weighted by molar-refractivity contribution is -0.133. The van der Waals surface area contributed by atoms with E-state index in [1.807, 2.05) is 41.3 Å². The van der Waals surface area contributed by atoms with Gasteiger partial charge in [0.25, 0.3) is 0 Å². The highest BCUT2D eigenvalue weighted by Gasteiger charge is 2.32. The highest BCUT2D eigenvalue weighted by atomic mass is 35.5. The number of halogens is 2. The number of carbonyl (C=O) groups excluding carboxylic acids is 2. The number of hydrogen-bond donors (Lipinski definition) is 2. The van der Waals surface area contributed by atoms with Gasteiger partial charge in [-0.2, -0.15) is 0 Å². The summed E-state index contributed by atoms with van der Waals surface area (Å²) >= 11 is 0. The maximum Gasteiger partial charge on any atom is 0.224 e. The summed E-state index contributed by atoms with van der Waals surface area (Å²) in [6, 6.07) is 17.7. The van der Waals surface area contributed by atoms with E-state index >= 15 is 0 Å². The SMILES string of the molecule is Cl.NCCCC(=O)N1CCc2cc3ccc2C1c1cccc(c1)OCCCNC(=O)Cc1ccc(F)c(c1)O3. The van der Waals surface area contributed by atoms with E-state index in [1.165, 1.54) is 6.07 Å². The minimum atomic E-state index is -0.499. The molecule has 3 heterocycles. The summed E-state index contributed by atoms with van der Waals surface area (Å²) in [5.74, 6) is 0.690. The van der Waals surface area contributed by atoms with Crippen molar-refractivity contribution in [3.63, 3.8) is 0 Å². The first-order chi connectivity index (χ1) is 18.5. The van der Waals surface area contributed by atoms with Gasteiger partial charge in [0.15, 0.2) is 11.6 Å². The Hall–Kier alpha value is -3.62. The molecule has 8 bridgehead atoms. The summed E-state index contributed by atoms with van der Waals surface area (Å²) in [5, 5.41) is 2.88. The molecule has 0 saturated carbocycles. The normalized spacial score (nSPS) is 16.9. The zero-order chi connectivity index (χ0) is 26.5. The van der Waals surface area contributed by atoms with Gasteiger partial charge in [-0.1, -0.05) is 24.3 Å². The van der Waals surface area contributed by atoms with Crippen LogP contribution in [-0.4, -0.2) is 43.0 Å². The first-order valence-electron chi connectivity index (χ1n) is 13.1. The molecule has 7 nitrogen and oxygen atoms in total. The van der Waals surface area contributed by atoms with Crippen molar-refractivity contribution in [2.24, 2.45) is 5.73 Å². The Bertz CT molecular complexity index is 1340. The molecule has 1 unspecified atom stereocenters. The molecule has 0 aromatic heterocycles. The van der Waals surface area contributed by atoms with E-state index in [9.17, 15) is 14.0 Å². The number of hydrogen-bond acceptors (Lipinski definition) is 5. The second-order valence-corrected chi connectivity index (χ2v) is 9.66. The molecular weight excluding hydrogens is 521 g/mol. The molecule has 3 aliphatic heterocycles. The predicted octanol–water partition coefficient (Wildman–Crippen LogP) is 4.69. The summed E-state index contributed by atoms with van der Waals surface area (Å²) in [4.78, 5) is 27.5. The van der Waals surface area contributed by atoms with E-state index in [0.29, 0.717) is 69.0 Å². The first-order valence-corrected chi connectivity index (χ1v) is 13.1. The Kier molecular flexibility index (Phi) is 9.43. The molecule has 9 heteroatoms. The lowest BCUT2D eigenvalue weighted by Gasteiger charge is -2.38. The van der Waals surface area contributed by atoms with Crippen molar-refractivity contribution in [3.8, 4) is 17.2 Å². The first kappa shape index (κ1) is 28.4. The maximum absolute atomic E-state index is 14.6. The fraction of sp³-hybridized carbons (Fsp3) is 0.333. The van der Waals surface area contributed by atoms with Gasteiger partial charge in [0.1, 0.15) is 11.5 Å². The smallest absolute Gasteiger partial charge is 0.224 e. The van der Waals surface area contributed by atoms with Crippen LogP contribution in [0.25, 0.3) is 0 Å². The third kappa shape index (κ3) is 6.69. The van der Waals surface area contributed by atoms with Crippen molar-refractivity contribution in [1.29, 1.82) is 0 Å². The highest BCUT2D eigenvalue weighted by Crippen LogP contribution is 2.39. The van der Waals surface area contributed by atoms with Gasteiger partial charge in [-0.25, -0.2) is 4.39 Å². The van der Waals surface area contributed by atoms with E-state index in [-0.39, 0.29) is 42.4 Å². The molecule has 3 aliphatic rings. The second-order valence-electron chi connectivity index (χ2n) is 9.66. The number of benzene rings is 3. The molecule has 3 aromatic rings. The fourth-order valence-corrected chi connectivity index (χ4v) is 5.07. The van der Waals surface area contributed by atoms with E-state index in [1.54, 1.807) is 18.2 Å². The summed E-state index contributed by atoms with van der Waals surface area (Å²) in [7, 11) is 0. The Morgan fingerprint density at radius 1 is 1.10 bits per heavy atom. The molecule has 39 heavy (non-hydrogen) atoms. The number of amides is 2. The predicted molar refractivity (Wildman–Crippen MR) is 149 cm³/mol. The van der Waals surface area contributed by atoms with Crippen LogP contribution in [0.4, 0.5) is 4.39 Å². The van der Waals surface area contributed by atoms with E-state index in [2.05, 4.69) is 5.32 Å². The lowest BCUT2D eigenvalue weighted by Crippen LogP contribution is -2.40. The summed E-state index contributed by atoms with van der Waals surface area (Å²) in [5.41, 5.74) is 9.33. The van der Waals surface area contributed by atoms with Crippen LogP contribution < -0.4 is 20.5 Å². The third-order valence-electron chi connectivity index (χ3n) is 6.93. The van der Waals surface area contributed by atoms with Crippen LogP contribution in [0.5, 0.6) is 17.2 Å². The Labute approximate surface area is 233 Å². The van der Waals surface area contributed by atoms with Crippen LogP contribution in [0.15, 0.2) is 60.7 Å². The van der Waals surface area contributed by atoms with Crippen LogP contribution in [0.1, 0.15) is 47.6 Å². The molecule has 2 amide bonds. The van der Waals surface area contributed by atoms with Gasteiger partial charge in [-0.05, 0) is 84.5 Å². The number of rotatable bonds is 3. The Morgan fingerprint density at radius 2 is 1.97 bits per heavy atom. The zero-order valence-corrected chi connectivity index (χ0v) is 22.5. The quantitative estimate of drug-likeness (QED) is 0.490. The average molecular weight is 554 g/mol. The largest absolute Gasteiger partial charge is 0.494 e. The minimum absolute atomic E-state index is 0. The molecule has 0 fully saturated rings. The maximum atomic E-state index is 14.6. The monoisotopic (exact) mass is 553 g/mol. The van der Waals surface area contributed by atoms with E-state index in [0.717, 1.165) is 16.7 Å². The highest BCUT2D eigenvalue weighted by molar-refractivity contribution is 5.85. The molecule has 0 aliphatic carbocycles.